The Kier molecular flexibility index (Phi) is 5.43. The molecule has 0 spiro atoms. The lowest BCUT2D eigenvalue weighted by Gasteiger charge is -2.06. The van der Waals surface area contributed by atoms with Crippen molar-refractivity contribution >= 4 is 17.7 Å². The Morgan fingerprint density at radius 3 is 2.65 bits per heavy atom. The normalized spacial score (nSPS) is 10.2. The number of aromatic nitrogens is 1. The van der Waals surface area contributed by atoms with E-state index in [-0.39, 0.29) is 6.42 Å². The third-order valence-electron chi connectivity index (χ3n) is 2.52. The minimum atomic E-state index is -0.828. The van der Waals surface area contributed by atoms with Gasteiger partial charge in [-0.3, -0.25) is 4.79 Å². The van der Waals surface area contributed by atoms with Crippen molar-refractivity contribution in [1.29, 1.82) is 0 Å². The molecule has 0 radical (unpaired) electrons. The van der Waals surface area contributed by atoms with Crippen LogP contribution in [0.2, 0.25) is 0 Å². The number of ether oxygens (including phenoxy) is 1. The average Bonchev–Trinajstić information content (AvgIpc) is 2.46. The third-order valence-corrected chi connectivity index (χ3v) is 3.43. The number of aliphatic carboxylic acids is 1. The van der Waals surface area contributed by atoms with Crippen LogP contribution in [0.15, 0.2) is 53.7 Å². The second-order valence-corrected chi connectivity index (χ2v) is 5.19. The maximum atomic E-state index is 10.6. The summed E-state index contributed by atoms with van der Waals surface area (Å²) in [6.45, 7) is 0.583. The first-order valence-corrected chi connectivity index (χ1v) is 7.20. The van der Waals surface area contributed by atoms with Crippen molar-refractivity contribution in [3.05, 3.63) is 54.2 Å². The van der Waals surface area contributed by atoms with Crippen LogP contribution in [-0.4, -0.2) is 28.4 Å². The lowest BCUT2D eigenvalue weighted by molar-refractivity contribution is -0.136. The fourth-order valence-corrected chi connectivity index (χ4v) is 2.30. The molecule has 4 nitrogen and oxygen atoms in total. The molecule has 5 heteroatoms. The minimum Gasteiger partial charge on any atom is -0.493 e. The lowest BCUT2D eigenvalue weighted by Crippen LogP contribution is -2.02. The van der Waals surface area contributed by atoms with E-state index in [1.165, 1.54) is 0 Å². The van der Waals surface area contributed by atoms with Crippen molar-refractivity contribution in [3.8, 4) is 5.75 Å². The van der Waals surface area contributed by atoms with Gasteiger partial charge in [-0.15, -0.1) is 11.8 Å². The van der Waals surface area contributed by atoms with Gasteiger partial charge in [0.25, 0.3) is 0 Å². The summed E-state index contributed by atoms with van der Waals surface area (Å²) in [6.07, 6.45) is 1.81. The van der Waals surface area contributed by atoms with Crippen molar-refractivity contribution in [3.63, 3.8) is 0 Å². The van der Waals surface area contributed by atoms with Crippen LogP contribution in [0.1, 0.15) is 5.56 Å². The number of carboxylic acid groups (broad SMARTS) is 1. The number of rotatable bonds is 7. The predicted molar refractivity (Wildman–Crippen MR) is 78.2 cm³/mol. The number of thioether (sulfide) groups is 1. The van der Waals surface area contributed by atoms with Gasteiger partial charge in [0.05, 0.1) is 18.1 Å². The molecule has 0 saturated heterocycles. The zero-order chi connectivity index (χ0) is 14.2. The van der Waals surface area contributed by atoms with Crippen molar-refractivity contribution in [2.24, 2.45) is 0 Å². The van der Waals surface area contributed by atoms with E-state index in [0.29, 0.717) is 6.61 Å². The molecule has 104 valence electrons. The Labute approximate surface area is 121 Å². The molecule has 0 unspecified atom stereocenters. The van der Waals surface area contributed by atoms with Crippen LogP contribution in [0.5, 0.6) is 5.75 Å². The van der Waals surface area contributed by atoms with Crippen LogP contribution < -0.4 is 4.74 Å². The van der Waals surface area contributed by atoms with Gasteiger partial charge in [-0.25, -0.2) is 4.98 Å². The largest absolute Gasteiger partial charge is 0.493 e. The predicted octanol–water partition coefficient (Wildman–Crippen LogP) is 2.88. The summed E-state index contributed by atoms with van der Waals surface area (Å²) in [6, 6.07) is 12.9. The van der Waals surface area contributed by atoms with Crippen molar-refractivity contribution in [2.45, 2.75) is 11.4 Å². The molecule has 0 amide bonds. The molecular formula is C15H15NO3S. The van der Waals surface area contributed by atoms with E-state index in [1.54, 1.807) is 42.2 Å². The summed E-state index contributed by atoms with van der Waals surface area (Å²) in [5.74, 6) is 0.736. The highest BCUT2D eigenvalue weighted by Gasteiger charge is 2.01. The second-order valence-electron chi connectivity index (χ2n) is 4.08. The summed E-state index contributed by atoms with van der Waals surface area (Å²) >= 11 is 1.64. The molecule has 0 atom stereocenters. The van der Waals surface area contributed by atoms with Crippen LogP contribution >= 0.6 is 11.8 Å². The first kappa shape index (κ1) is 14.4. The highest BCUT2D eigenvalue weighted by Crippen LogP contribution is 2.16. The fraction of sp³-hybridized carbons (Fsp3) is 0.200. The smallest absolute Gasteiger partial charge is 0.307 e. The third kappa shape index (κ3) is 4.93. The number of pyridine rings is 1. The van der Waals surface area contributed by atoms with E-state index in [0.717, 1.165) is 22.1 Å². The van der Waals surface area contributed by atoms with E-state index in [9.17, 15) is 4.79 Å². The van der Waals surface area contributed by atoms with Gasteiger partial charge in [-0.2, -0.15) is 0 Å². The van der Waals surface area contributed by atoms with Gasteiger partial charge in [-0.1, -0.05) is 18.2 Å². The Hall–Kier alpha value is -2.01. The molecule has 1 N–H and O–H groups in total. The minimum absolute atomic E-state index is 0.0375. The molecule has 1 aromatic carbocycles. The Balaban J connectivity index is 1.73. The van der Waals surface area contributed by atoms with Gasteiger partial charge in [0.1, 0.15) is 5.75 Å². The number of hydrogen-bond donors (Lipinski definition) is 1. The first-order chi connectivity index (χ1) is 9.74. The molecule has 0 bridgehead atoms. The zero-order valence-electron chi connectivity index (χ0n) is 10.9. The highest BCUT2D eigenvalue weighted by molar-refractivity contribution is 7.99. The molecule has 2 rings (SSSR count). The SMILES string of the molecule is O=C(O)Cc1ccc(OCCSc2ccccn2)cc1. The molecule has 0 saturated carbocycles. The van der Waals surface area contributed by atoms with Crippen molar-refractivity contribution in [1.82, 2.24) is 4.98 Å². The number of carboxylic acids is 1. The van der Waals surface area contributed by atoms with Crippen LogP contribution in [0.3, 0.4) is 0 Å². The maximum absolute atomic E-state index is 10.6. The van der Waals surface area contributed by atoms with Crippen LogP contribution in [0, 0.1) is 0 Å². The monoisotopic (exact) mass is 289 g/mol. The van der Waals surface area contributed by atoms with Gasteiger partial charge in [0, 0.05) is 11.9 Å². The second kappa shape index (κ2) is 7.55. The van der Waals surface area contributed by atoms with E-state index >= 15 is 0 Å². The molecule has 2 aromatic rings. The summed E-state index contributed by atoms with van der Waals surface area (Å²) in [5.41, 5.74) is 0.771. The van der Waals surface area contributed by atoms with Gasteiger partial charge < -0.3 is 9.84 Å². The molecule has 0 aliphatic rings. The summed E-state index contributed by atoms with van der Waals surface area (Å²) < 4.78 is 5.59. The number of nitrogens with zero attached hydrogens (tertiary/aromatic N) is 1. The summed E-state index contributed by atoms with van der Waals surface area (Å²) in [4.78, 5) is 14.8. The first-order valence-electron chi connectivity index (χ1n) is 6.21. The van der Waals surface area contributed by atoms with E-state index in [4.69, 9.17) is 9.84 Å². The Morgan fingerprint density at radius 1 is 1.20 bits per heavy atom. The molecule has 1 heterocycles. The topological polar surface area (TPSA) is 59.4 Å². The number of benzene rings is 1. The van der Waals surface area contributed by atoms with Crippen molar-refractivity contribution < 1.29 is 14.6 Å². The van der Waals surface area contributed by atoms with E-state index in [1.807, 2.05) is 18.2 Å². The standard InChI is InChI=1S/C15H15NO3S/c17-15(18)11-12-4-6-13(7-5-12)19-9-10-20-14-3-1-2-8-16-14/h1-8H,9-11H2,(H,17,18). The van der Waals surface area contributed by atoms with Crippen LogP contribution in [-0.2, 0) is 11.2 Å². The van der Waals surface area contributed by atoms with Crippen LogP contribution in [0.4, 0.5) is 0 Å². The molecule has 20 heavy (non-hydrogen) atoms. The lowest BCUT2D eigenvalue weighted by atomic mass is 10.1. The Bertz CT molecular complexity index is 543. The molecule has 0 aliphatic carbocycles. The van der Waals surface area contributed by atoms with E-state index < -0.39 is 5.97 Å². The molecule has 1 aromatic heterocycles. The number of carbonyl (C=O) groups is 1. The van der Waals surface area contributed by atoms with Gasteiger partial charge in [-0.05, 0) is 29.8 Å². The van der Waals surface area contributed by atoms with Gasteiger partial charge >= 0.3 is 5.97 Å². The summed E-state index contributed by atoms with van der Waals surface area (Å²) in [7, 11) is 0. The summed E-state index contributed by atoms with van der Waals surface area (Å²) in [5, 5.41) is 9.66. The Morgan fingerprint density at radius 2 is 2.00 bits per heavy atom. The average molecular weight is 289 g/mol. The molecule has 0 fully saturated rings. The number of hydrogen-bond acceptors (Lipinski definition) is 4. The molecule has 0 aliphatic heterocycles. The maximum Gasteiger partial charge on any atom is 0.307 e. The fourth-order valence-electron chi connectivity index (χ4n) is 1.62. The quantitative estimate of drug-likeness (QED) is 0.627. The van der Waals surface area contributed by atoms with Gasteiger partial charge in [0.2, 0.25) is 0 Å². The van der Waals surface area contributed by atoms with Crippen LogP contribution in [0.25, 0.3) is 0 Å². The molecular weight excluding hydrogens is 274 g/mol. The zero-order valence-corrected chi connectivity index (χ0v) is 11.7. The van der Waals surface area contributed by atoms with Crippen molar-refractivity contribution in [2.75, 3.05) is 12.4 Å². The highest BCUT2D eigenvalue weighted by atomic mass is 32.2. The van der Waals surface area contributed by atoms with Gasteiger partial charge in [0.15, 0.2) is 0 Å². The van der Waals surface area contributed by atoms with E-state index in [2.05, 4.69) is 4.98 Å².